The number of alkyl halides is 3. The van der Waals surface area contributed by atoms with E-state index in [0.29, 0.717) is 5.69 Å². The number of nitrogens with zero attached hydrogens (tertiary/aromatic N) is 3. The molecule has 0 unspecified atom stereocenters. The predicted octanol–water partition coefficient (Wildman–Crippen LogP) is 5.43. The van der Waals surface area contributed by atoms with Crippen LogP contribution in [0.1, 0.15) is 40.0 Å². The van der Waals surface area contributed by atoms with E-state index in [4.69, 9.17) is 5.73 Å². The maximum atomic E-state index is 13.0. The van der Waals surface area contributed by atoms with Crippen molar-refractivity contribution in [3.8, 4) is 11.3 Å². The number of amides is 1. The Balaban J connectivity index is 1.52. The highest BCUT2D eigenvalue weighted by Gasteiger charge is 2.31. The van der Waals surface area contributed by atoms with Crippen molar-refractivity contribution in [1.29, 1.82) is 0 Å². The van der Waals surface area contributed by atoms with Crippen LogP contribution in [-0.4, -0.2) is 34.7 Å². The highest BCUT2D eigenvalue weighted by atomic mass is 19.4. The fourth-order valence-electron chi connectivity index (χ4n) is 4.09. The molecular formula is C29H28F3N5O2. The van der Waals surface area contributed by atoms with Gasteiger partial charge in [-0.05, 0) is 68.5 Å². The summed E-state index contributed by atoms with van der Waals surface area (Å²) in [7, 11) is 4.00. The molecule has 1 aromatic heterocycles. The zero-order valence-electron chi connectivity index (χ0n) is 21.7. The molecule has 202 valence electrons. The Kier molecular flexibility index (Phi) is 7.87. The van der Waals surface area contributed by atoms with Crippen molar-refractivity contribution in [2.45, 2.75) is 25.7 Å². The second-order valence-electron chi connectivity index (χ2n) is 9.49. The molecule has 0 bridgehead atoms. The van der Waals surface area contributed by atoms with Gasteiger partial charge in [-0.2, -0.15) is 18.3 Å². The monoisotopic (exact) mass is 535 g/mol. The summed E-state index contributed by atoms with van der Waals surface area (Å²) in [5.74, 6) is -0.616. The molecule has 7 nitrogen and oxygen atoms in total. The molecule has 4 rings (SSSR count). The topological polar surface area (TPSA) is 93.2 Å². The number of nitrogens with one attached hydrogen (secondary N) is 1. The third-order valence-corrected chi connectivity index (χ3v) is 6.22. The fraction of sp³-hybridized carbons (Fsp3) is 0.207. The lowest BCUT2D eigenvalue weighted by Crippen LogP contribution is -2.26. The molecule has 1 heterocycles. The number of carbonyl (C=O) groups excluding carboxylic acids is 1. The minimum atomic E-state index is -4.57. The first-order valence-electron chi connectivity index (χ1n) is 12.1. The smallest absolute Gasteiger partial charge is 0.397 e. The molecule has 0 aliphatic heterocycles. The van der Waals surface area contributed by atoms with Crippen LogP contribution in [0, 0.1) is 0 Å². The zero-order chi connectivity index (χ0) is 28.3. The van der Waals surface area contributed by atoms with E-state index in [9.17, 15) is 22.8 Å². The molecule has 0 aliphatic carbocycles. The number of hydrogen-bond acceptors (Lipinski definition) is 5. The van der Waals surface area contributed by atoms with Crippen LogP contribution < -0.4 is 16.6 Å². The average molecular weight is 536 g/mol. The highest BCUT2D eigenvalue weighted by molar-refractivity contribution is 6.05. The van der Waals surface area contributed by atoms with Crippen molar-refractivity contribution < 1.29 is 18.0 Å². The van der Waals surface area contributed by atoms with Gasteiger partial charge in [-0.15, -0.1) is 0 Å². The molecule has 39 heavy (non-hydrogen) atoms. The van der Waals surface area contributed by atoms with Crippen LogP contribution in [0.3, 0.4) is 0 Å². The van der Waals surface area contributed by atoms with Crippen LogP contribution in [0.4, 0.5) is 24.5 Å². The highest BCUT2D eigenvalue weighted by Crippen LogP contribution is 2.33. The summed E-state index contributed by atoms with van der Waals surface area (Å²) >= 11 is 0. The predicted molar refractivity (Wildman–Crippen MR) is 145 cm³/mol. The Bertz CT molecular complexity index is 1530. The minimum absolute atomic E-state index is 0.0132. The van der Waals surface area contributed by atoms with Crippen molar-refractivity contribution in [3.05, 3.63) is 111 Å². The van der Waals surface area contributed by atoms with Gasteiger partial charge in [-0.3, -0.25) is 9.59 Å². The molecule has 0 radical (unpaired) electrons. The third-order valence-electron chi connectivity index (χ3n) is 6.22. The molecule has 4 aromatic rings. The quantitative estimate of drug-likeness (QED) is 0.308. The van der Waals surface area contributed by atoms with Gasteiger partial charge in [0.25, 0.3) is 11.5 Å². The first-order valence-corrected chi connectivity index (χ1v) is 12.1. The van der Waals surface area contributed by atoms with E-state index in [-0.39, 0.29) is 22.5 Å². The van der Waals surface area contributed by atoms with E-state index < -0.39 is 23.7 Å². The Morgan fingerprint density at radius 2 is 1.67 bits per heavy atom. The molecule has 1 atom stereocenters. The lowest BCUT2D eigenvalue weighted by molar-refractivity contribution is -0.137. The van der Waals surface area contributed by atoms with E-state index >= 15 is 0 Å². The van der Waals surface area contributed by atoms with Crippen LogP contribution in [0.15, 0.2) is 83.7 Å². The van der Waals surface area contributed by atoms with Crippen molar-refractivity contribution in [2.24, 2.45) is 0 Å². The number of benzene rings is 3. The van der Waals surface area contributed by atoms with Gasteiger partial charge in [0.1, 0.15) is 0 Å². The summed E-state index contributed by atoms with van der Waals surface area (Å²) in [5, 5.41) is 7.00. The van der Waals surface area contributed by atoms with Crippen LogP contribution in [-0.2, 0) is 12.7 Å². The number of halogens is 3. The van der Waals surface area contributed by atoms with Crippen LogP contribution in [0.5, 0.6) is 0 Å². The first kappa shape index (κ1) is 27.6. The second kappa shape index (κ2) is 11.1. The minimum Gasteiger partial charge on any atom is -0.397 e. The van der Waals surface area contributed by atoms with Crippen LogP contribution in [0.2, 0.25) is 0 Å². The second-order valence-corrected chi connectivity index (χ2v) is 9.49. The molecule has 0 saturated carbocycles. The molecule has 1 amide bonds. The summed E-state index contributed by atoms with van der Waals surface area (Å²) in [6.45, 7) is 2.63. The molecule has 0 spiro atoms. The van der Waals surface area contributed by atoms with Crippen LogP contribution >= 0.6 is 0 Å². The normalized spacial score (nSPS) is 12.4. The van der Waals surface area contributed by atoms with Crippen molar-refractivity contribution in [1.82, 2.24) is 14.7 Å². The van der Waals surface area contributed by atoms with E-state index in [0.717, 1.165) is 41.4 Å². The summed E-state index contributed by atoms with van der Waals surface area (Å²) in [4.78, 5) is 27.4. The number of nitrogen functional groups attached to an aromatic ring is 1. The number of anilines is 2. The molecule has 0 fully saturated rings. The van der Waals surface area contributed by atoms with Crippen molar-refractivity contribution in [3.63, 3.8) is 0 Å². The molecule has 3 aromatic carbocycles. The molecule has 10 heteroatoms. The van der Waals surface area contributed by atoms with Gasteiger partial charge in [0.05, 0.1) is 28.7 Å². The van der Waals surface area contributed by atoms with Gasteiger partial charge in [0, 0.05) is 23.7 Å². The summed E-state index contributed by atoms with van der Waals surface area (Å²) < 4.78 is 40.5. The number of hydrogen-bond donors (Lipinski definition) is 2. The van der Waals surface area contributed by atoms with E-state index in [2.05, 4.69) is 15.3 Å². The SMILES string of the molecule is C[C@@H](c1ccc(C(=O)Nc2cc(C(F)(F)F)ccc2N)cc1)n1nc(-c2ccc(CN(C)C)cc2)ccc1=O. The van der Waals surface area contributed by atoms with E-state index in [1.807, 2.05) is 45.3 Å². The Labute approximate surface area is 223 Å². The number of rotatable bonds is 7. The molecule has 3 N–H and O–H groups in total. The van der Waals surface area contributed by atoms with Gasteiger partial charge < -0.3 is 16.0 Å². The fourth-order valence-corrected chi connectivity index (χ4v) is 4.09. The molecule has 0 saturated heterocycles. The Morgan fingerprint density at radius 1 is 1.00 bits per heavy atom. The lowest BCUT2D eigenvalue weighted by Gasteiger charge is -2.16. The zero-order valence-corrected chi connectivity index (χ0v) is 21.7. The maximum absolute atomic E-state index is 13.0. The Hall–Kier alpha value is -4.44. The third kappa shape index (κ3) is 6.53. The number of carbonyl (C=O) groups is 1. The summed E-state index contributed by atoms with van der Waals surface area (Å²) in [6, 6.07) is 19.8. The van der Waals surface area contributed by atoms with Gasteiger partial charge in [-0.1, -0.05) is 36.4 Å². The number of nitrogens with two attached hydrogens (primary N) is 1. The molecular weight excluding hydrogens is 507 g/mol. The average Bonchev–Trinajstić information content (AvgIpc) is 2.89. The first-order chi connectivity index (χ1) is 18.4. The van der Waals surface area contributed by atoms with Crippen molar-refractivity contribution >= 4 is 17.3 Å². The van der Waals surface area contributed by atoms with Gasteiger partial charge in [0.2, 0.25) is 0 Å². The lowest BCUT2D eigenvalue weighted by atomic mass is 10.1. The van der Waals surface area contributed by atoms with Gasteiger partial charge >= 0.3 is 6.18 Å². The van der Waals surface area contributed by atoms with Gasteiger partial charge in [0.15, 0.2) is 0 Å². The van der Waals surface area contributed by atoms with Crippen molar-refractivity contribution in [2.75, 3.05) is 25.1 Å². The van der Waals surface area contributed by atoms with Crippen LogP contribution in [0.25, 0.3) is 11.3 Å². The Morgan fingerprint density at radius 3 is 2.28 bits per heavy atom. The standard InChI is InChI=1S/C29H28F3N5O2/c1-18(37-27(38)15-14-25(35-37)21-6-4-19(5-7-21)17-36(2)3)20-8-10-22(11-9-20)28(39)34-26-16-23(29(30,31)32)12-13-24(26)33/h4-16,18H,17,33H2,1-3H3,(H,34,39)/t18-/m0/s1. The van der Waals surface area contributed by atoms with Gasteiger partial charge in [-0.25, -0.2) is 4.68 Å². The van der Waals surface area contributed by atoms with E-state index in [1.54, 1.807) is 18.2 Å². The largest absolute Gasteiger partial charge is 0.416 e. The number of aromatic nitrogens is 2. The summed E-state index contributed by atoms with van der Waals surface area (Å²) in [5.41, 5.74) is 8.06. The maximum Gasteiger partial charge on any atom is 0.416 e. The molecule has 0 aliphatic rings. The van der Waals surface area contributed by atoms with E-state index in [1.165, 1.54) is 22.9 Å². The summed E-state index contributed by atoms with van der Waals surface area (Å²) in [6.07, 6.45) is -4.57.